The minimum Gasteiger partial charge on any atom is -0.375 e. The van der Waals surface area contributed by atoms with E-state index in [2.05, 4.69) is 24.1 Å². The van der Waals surface area contributed by atoms with Crippen molar-refractivity contribution >= 4 is 0 Å². The molecule has 18 heavy (non-hydrogen) atoms. The molecule has 3 heteroatoms. The van der Waals surface area contributed by atoms with E-state index in [4.69, 9.17) is 4.74 Å². The van der Waals surface area contributed by atoms with Crippen LogP contribution in [0.1, 0.15) is 52.4 Å². The van der Waals surface area contributed by atoms with Crippen LogP contribution in [-0.2, 0) is 4.74 Å². The molecule has 0 aromatic rings. The lowest BCUT2D eigenvalue weighted by molar-refractivity contribution is -0.0862. The molecule has 3 saturated heterocycles. The maximum absolute atomic E-state index is 5.87. The molecule has 0 spiro atoms. The summed E-state index contributed by atoms with van der Waals surface area (Å²) in [6, 6.07) is 2.31. The van der Waals surface area contributed by atoms with Gasteiger partial charge in [0.15, 0.2) is 0 Å². The van der Waals surface area contributed by atoms with E-state index >= 15 is 0 Å². The molecule has 3 aliphatic rings. The van der Waals surface area contributed by atoms with E-state index in [9.17, 15) is 0 Å². The molecule has 0 bridgehead atoms. The minimum atomic E-state index is 0.0825. The Hall–Kier alpha value is -0.120. The molecule has 3 nitrogen and oxygen atoms in total. The van der Waals surface area contributed by atoms with Gasteiger partial charge in [0.25, 0.3) is 0 Å². The molecule has 3 aliphatic heterocycles. The fourth-order valence-corrected chi connectivity index (χ4v) is 4.22. The summed E-state index contributed by atoms with van der Waals surface area (Å²) in [5, 5.41) is 3.72. The first-order valence-corrected chi connectivity index (χ1v) is 7.79. The highest BCUT2D eigenvalue weighted by atomic mass is 16.5. The Balaban J connectivity index is 1.66. The van der Waals surface area contributed by atoms with E-state index < -0.39 is 0 Å². The van der Waals surface area contributed by atoms with Crippen LogP contribution < -0.4 is 5.32 Å². The van der Waals surface area contributed by atoms with Crippen molar-refractivity contribution in [2.24, 2.45) is 0 Å². The van der Waals surface area contributed by atoms with Gasteiger partial charge in [-0.3, -0.25) is 4.90 Å². The molecule has 3 heterocycles. The van der Waals surface area contributed by atoms with Crippen LogP contribution in [0.4, 0.5) is 0 Å². The molecular weight excluding hydrogens is 224 g/mol. The van der Waals surface area contributed by atoms with Gasteiger partial charge in [-0.15, -0.1) is 0 Å². The van der Waals surface area contributed by atoms with Crippen molar-refractivity contribution in [1.29, 1.82) is 0 Å². The Morgan fingerprint density at radius 3 is 2.78 bits per heavy atom. The summed E-state index contributed by atoms with van der Waals surface area (Å²) in [7, 11) is 0. The van der Waals surface area contributed by atoms with Crippen molar-refractivity contribution in [3.05, 3.63) is 0 Å². The Labute approximate surface area is 111 Å². The Morgan fingerprint density at radius 2 is 2.06 bits per heavy atom. The third-order valence-electron chi connectivity index (χ3n) is 5.05. The number of hydrogen-bond acceptors (Lipinski definition) is 3. The quantitative estimate of drug-likeness (QED) is 0.815. The van der Waals surface area contributed by atoms with Gasteiger partial charge in [-0.1, -0.05) is 0 Å². The second kappa shape index (κ2) is 5.10. The van der Waals surface area contributed by atoms with Crippen molar-refractivity contribution in [2.45, 2.75) is 76.1 Å². The highest BCUT2D eigenvalue weighted by Crippen LogP contribution is 2.34. The standard InChI is InChI=1S/C15H28N2O/c1-15(2)11-12(7-10-18-15)17-9-4-6-14(17)13-5-3-8-16-13/h12-14,16H,3-11H2,1-2H3. The lowest BCUT2D eigenvalue weighted by Gasteiger charge is -2.43. The first-order valence-electron chi connectivity index (χ1n) is 7.79. The zero-order valence-electron chi connectivity index (χ0n) is 12.0. The van der Waals surface area contributed by atoms with Crippen molar-refractivity contribution in [3.63, 3.8) is 0 Å². The summed E-state index contributed by atoms with van der Waals surface area (Å²) < 4.78 is 5.87. The summed E-state index contributed by atoms with van der Waals surface area (Å²) in [5.74, 6) is 0. The zero-order valence-corrected chi connectivity index (χ0v) is 12.0. The van der Waals surface area contributed by atoms with Crippen LogP contribution in [0.15, 0.2) is 0 Å². The molecule has 3 fully saturated rings. The van der Waals surface area contributed by atoms with Crippen LogP contribution in [0.5, 0.6) is 0 Å². The molecule has 0 radical (unpaired) electrons. The van der Waals surface area contributed by atoms with E-state index in [-0.39, 0.29) is 5.60 Å². The number of ether oxygens (including phenoxy) is 1. The normalized spacial score (nSPS) is 41.3. The first kappa shape index (κ1) is 12.9. The van der Waals surface area contributed by atoms with Gasteiger partial charge in [0.1, 0.15) is 0 Å². The first-order chi connectivity index (χ1) is 8.66. The Bertz CT molecular complexity index is 286. The van der Waals surface area contributed by atoms with E-state index in [0.29, 0.717) is 0 Å². The van der Waals surface area contributed by atoms with Crippen molar-refractivity contribution in [3.8, 4) is 0 Å². The fourth-order valence-electron chi connectivity index (χ4n) is 4.22. The lowest BCUT2D eigenvalue weighted by Crippen LogP contribution is -2.52. The fraction of sp³-hybridized carbons (Fsp3) is 1.00. The van der Waals surface area contributed by atoms with Crippen LogP contribution in [0.2, 0.25) is 0 Å². The molecule has 0 amide bonds. The third-order valence-corrected chi connectivity index (χ3v) is 5.05. The smallest absolute Gasteiger partial charge is 0.0641 e. The van der Waals surface area contributed by atoms with Gasteiger partial charge >= 0.3 is 0 Å². The highest BCUT2D eigenvalue weighted by Gasteiger charge is 2.40. The van der Waals surface area contributed by atoms with Crippen LogP contribution >= 0.6 is 0 Å². The van der Waals surface area contributed by atoms with Gasteiger partial charge in [-0.2, -0.15) is 0 Å². The molecule has 3 rings (SSSR count). The molecule has 0 aromatic heterocycles. The topological polar surface area (TPSA) is 24.5 Å². The summed E-state index contributed by atoms with van der Waals surface area (Å²) >= 11 is 0. The maximum atomic E-state index is 5.87. The highest BCUT2D eigenvalue weighted by molar-refractivity contribution is 4.96. The van der Waals surface area contributed by atoms with Gasteiger partial charge in [-0.25, -0.2) is 0 Å². The number of nitrogens with one attached hydrogen (secondary N) is 1. The van der Waals surface area contributed by atoms with Gasteiger partial charge < -0.3 is 10.1 Å². The molecular formula is C15H28N2O. The van der Waals surface area contributed by atoms with Gasteiger partial charge in [0, 0.05) is 24.7 Å². The largest absolute Gasteiger partial charge is 0.375 e. The SMILES string of the molecule is CC1(C)CC(N2CCCC2C2CCCN2)CCO1. The van der Waals surface area contributed by atoms with E-state index in [1.54, 1.807) is 0 Å². The van der Waals surface area contributed by atoms with Crippen molar-refractivity contribution in [2.75, 3.05) is 19.7 Å². The summed E-state index contributed by atoms with van der Waals surface area (Å²) in [6.07, 6.45) is 7.97. The average Bonchev–Trinajstić information content (AvgIpc) is 2.98. The Kier molecular flexibility index (Phi) is 3.65. The summed E-state index contributed by atoms with van der Waals surface area (Å²) in [5.41, 5.74) is 0.0825. The predicted molar refractivity (Wildman–Crippen MR) is 73.8 cm³/mol. The lowest BCUT2D eigenvalue weighted by atomic mass is 9.91. The molecule has 0 aromatic carbocycles. The van der Waals surface area contributed by atoms with Crippen molar-refractivity contribution < 1.29 is 4.74 Å². The van der Waals surface area contributed by atoms with Crippen LogP contribution in [0.25, 0.3) is 0 Å². The van der Waals surface area contributed by atoms with E-state index in [0.717, 1.165) is 24.7 Å². The second-order valence-electron chi connectivity index (χ2n) is 6.91. The van der Waals surface area contributed by atoms with Crippen LogP contribution in [-0.4, -0.2) is 48.3 Å². The number of rotatable bonds is 2. The molecule has 3 atom stereocenters. The molecule has 1 N–H and O–H groups in total. The molecule has 104 valence electrons. The number of nitrogens with zero attached hydrogens (tertiary/aromatic N) is 1. The molecule has 0 aliphatic carbocycles. The summed E-state index contributed by atoms with van der Waals surface area (Å²) in [6.45, 7) is 7.98. The number of likely N-dealkylation sites (tertiary alicyclic amines) is 1. The number of hydrogen-bond donors (Lipinski definition) is 1. The molecule has 3 unspecified atom stereocenters. The van der Waals surface area contributed by atoms with Crippen molar-refractivity contribution in [1.82, 2.24) is 10.2 Å². The Morgan fingerprint density at radius 1 is 1.17 bits per heavy atom. The van der Waals surface area contributed by atoms with Gasteiger partial charge in [-0.05, 0) is 65.5 Å². The third kappa shape index (κ3) is 2.59. The predicted octanol–water partition coefficient (Wildman–Crippen LogP) is 2.16. The summed E-state index contributed by atoms with van der Waals surface area (Å²) in [4.78, 5) is 2.81. The van der Waals surface area contributed by atoms with Gasteiger partial charge in [0.05, 0.1) is 5.60 Å². The molecule has 0 saturated carbocycles. The minimum absolute atomic E-state index is 0.0825. The van der Waals surface area contributed by atoms with Crippen LogP contribution in [0, 0.1) is 0 Å². The van der Waals surface area contributed by atoms with Crippen LogP contribution in [0.3, 0.4) is 0 Å². The maximum Gasteiger partial charge on any atom is 0.0641 e. The van der Waals surface area contributed by atoms with Gasteiger partial charge in [0.2, 0.25) is 0 Å². The second-order valence-corrected chi connectivity index (χ2v) is 6.91. The van der Waals surface area contributed by atoms with E-state index in [1.165, 1.54) is 51.6 Å². The van der Waals surface area contributed by atoms with E-state index in [1.807, 2.05) is 0 Å². The average molecular weight is 252 g/mol. The monoisotopic (exact) mass is 252 g/mol. The zero-order chi connectivity index (χ0) is 12.6.